The molecule has 2 atom stereocenters. The lowest BCUT2D eigenvalue weighted by Gasteiger charge is -2.33. The highest BCUT2D eigenvalue weighted by Gasteiger charge is 2.34. The van der Waals surface area contributed by atoms with Crippen LogP contribution in [0.2, 0.25) is 5.02 Å². The van der Waals surface area contributed by atoms with Gasteiger partial charge in [-0.05, 0) is 86.4 Å². The van der Waals surface area contributed by atoms with Crippen LogP contribution in [-0.4, -0.2) is 29.3 Å². The van der Waals surface area contributed by atoms with Crippen LogP contribution in [0.25, 0.3) is 27.5 Å². The molecule has 2 heterocycles. The Hall–Kier alpha value is -3.02. The van der Waals surface area contributed by atoms with E-state index in [-0.39, 0.29) is 6.04 Å². The summed E-state index contributed by atoms with van der Waals surface area (Å²) in [5.74, 6) is -0.169. The van der Waals surface area contributed by atoms with Gasteiger partial charge in [-0.15, -0.1) is 0 Å². The van der Waals surface area contributed by atoms with Crippen molar-refractivity contribution in [1.82, 2.24) is 0 Å². The van der Waals surface area contributed by atoms with Gasteiger partial charge in [-0.1, -0.05) is 29.8 Å². The van der Waals surface area contributed by atoms with Gasteiger partial charge in [-0.25, -0.2) is 4.79 Å². The van der Waals surface area contributed by atoms with E-state index in [1.54, 1.807) is 0 Å². The number of carboxylic acids is 1. The number of aryl methyl sites for hydroxylation is 1. The number of hydrogen-bond acceptors (Lipinski definition) is 4. The summed E-state index contributed by atoms with van der Waals surface area (Å²) in [6.07, 6.45) is 1.95. The summed E-state index contributed by atoms with van der Waals surface area (Å²) in [6.45, 7) is 10.3. The fourth-order valence-electron chi connectivity index (χ4n) is 5.26. The van der Waals surface area contributed by atoms with E-state index < -0.39 is 17.7 Å². The van der Waals surface area contributed by atoms with Gasteiger partial charge in [-0.2, -0.15) is 0 Å². The Kier molecular flexibility index (Phi) is 5.81. The number of hydrogen-bond donors (Lipinski definition) is 2. The fourth-order valence-corrected chi connectivity index (χ4v) is 5.44. The van der Waals surface area contributed by atoms with Crippen molar-refractivity contribution < 1.29 is 19.4 Å². The zero-order valence-electron chi connectivity index (χ0n) is 20.7. The molecule has 0 spiro atoms. The zero-order valence-corrected chi connectivity index (χ0v) is 21.4. The predicted molar refractivity (Wildman–Crippen MR) is 142 cm³/mol. The molecule has 0 radical (unpaired) electrons. The van der Waals surface area contributed by atoms with E-state index in [1.165, 1.54) is 5.57 Å². The van der Waals surface area contributed by atoms with Gasteiger partial charge in [0.15, 0.2) is 6.10 Å². The minimum absolute atomic E-state index is 0.139. The molecule has 2 aliphatic heterocycles. The van der Waals surface area contributed by atoms with Gasteiger partial charge in [-0.3, -0.25) is 0 Å². The molecular weight excluding hydrogens is 462 g/mol. The number of benzene rings is 3. The summed E-state index contributed by atoms with van der Waals surface area (Å²) in [6, 6.07) is 11.9. The minimum Gasteiger partial charge on any atom is -0.493 e. The highest BCUT2D eigenvalue weighted by Crippen LogP contribution is 2.50. The van der Waals surface area contributed by atoms with E-state index in [1.807, 2.05) is 64.1 Å². The summed E-state index contributed by atoms with van der Waals surface area (Å²) < 4.78 is 12.1. The summed E-state index contributed by atoms with van der Waals surface area (Å²) >= 11 is 6.35. The number of carboxylic acid groups (broad SMARTS) is 1. The van der Waals surface area contributed by atoms with Crippen molar-refractivity contribution >= 4 is 39.6 Å². The van der Waals surface area contributed by atoms with E-state index in [0.717, 1.165) is 50.9 Å². The number of anilines is 1. The second kappa shape index (κ2) is 8.58. The van der Waals surface area contributed by atoms with Crippen LogP contribution in [0.4, 0.5) is 5.69 Å². The zero-order chi connectivity index (χ0) is 25.1. The Morgan fingerprint density at radius 3 is 2.69 bits per heavy atom. The lowest BCUT2D eigenvalue weighted by atomic mass is 9.83. The van der Waals surface area contributed by atoms with Crippen molar-refractivity contribution in [2.45, 2.75) is 58.8 Å². The minimum atomic E-state index is -1.14. The van der Waals surface area contributed by atoms with Gasteiger partial charge < -0.3 is 19.9 Å². The van der Waals surface area contributed by atoms with Crippen LogP contribution in [-0.2, 0) is 9.53 Å². The molecule has 2 N–H and O–H groups in total. The van der Waals surface area contributed by atoms with E-state index in [4.69, 9.17) is 21.1 Å². The van der Waals surface area contributed by atoms with Gasteiger partial charge in [0.2, 0.25) is 0 Å². The first-order valence-corrected chi connectivity index (χ1v) is 12.3. The molecule has 0 amide bonds. The van der Waals surface area contributed by atoms with Gasteiger partial charge in [0.1, 0.15) is 5.75 Å². The first-order chi connectivity index (χ1) is 16.5. The summed E-state index contributed by atoms with van der Waals surface area (Å²) in [5, 5.41) is 16.5. The molecule has 0 aliphatic carbocycles. The SMILES string of the molecule is Cc1cc2cc(Cl)ccc2c(-c2ccc3c4c2NC(C)C=C4CCO3)c1C(OC(C)(C)C)C(=O)O. The highest BCUT2D eigenvalue weighted by molar-refractivity contribution is 6.31. The average Bonchev–Trinajstić information content (AvgIpc) is 2.76. The quantitative estimate of drug-likeness (QED) is 0.398. The van der Waals surface area contributed by atoms with Crippen molar-refractivity contribution in [2.24, 2.45) is 0 Å². The van der Waals surface area contributed by atoms with E-state index in [9.17, 15) is 9.90 Å². The number of fused-ring (bicyclic) bond motifs is 1. The molecule has 0 aromatic heterocycles. The Morgan fingerprint density at radius 2 is 1.97 bits per heavy atom. The van der Waals surface area contributed by atoms with Gasteiger partial charge in [0, 0.05) is 34.2 Å². The number of rotatable bonds is 4. The number of carbonyl (C=O) groups is 1. The molecule has 3 aromatic carbocycles. The molecule has 2 unspecified atom stereocenters. The molecule has 35 heavy (non-hydrogen) atoms. The van der Waals surface area contributed by atoms with Crippen LogP contribution in [0, 0.1) is 6.92 Å². The highest BCUT2D eigenvalue weighted by atomic mass is 35.5. The monoisotopic (exact) mass is 491 g/mol. The fraction of sp³-hybridized carbons (Fsp3) is 0.345. The van der Waals surface area contributed by atoms with Crippen molar-refractivity contribution in [2.75, 3.05) is 11.9 Å². The Bertz CT molecular complexity index is 1390. The largest absolute Gasteiger partial charge is 0.493 e. The Balaban J connectivity index is 1.88. The van der Waals surface area contributed by atoms with Crippen LogP contribution in [0.5, 0.6) is 5.75 Å². The summed E-state index contributed by atoms with van der Waals surface area (Å²) in [4.78, 5) is 12.6. The molecule has 5 nitrogen and oxygen atoms in total. The first kappa shape index (κ1) is 23.7. The standard InChI is InChI=1S/C29H30ClNO4/c1-15-12-18-14-19(30)6-7-20(18)25(23(15)27(28(32)33)35-29(3,4)5)21-8-9-22-24-17(10-11-34-22)13-16(2)31-26(21)24/h6-9,12-14,16,27,31H,10-11H2,1-5H3,(H,32,33). The maximum absolute atomic E-state index is 12.6. The maximum atomic E-state index is 12.6. The molecule has 3 aromatic rings. The number of halogens is 1. The van der Waals surface area contributed by atoms with Gasteiger partial charge in [0.05, 0.1) is 17.9 Å². The topological polar surface area (TPSA) is 67.8 Å². The molecule has 0 bridgehead atoms. The summed E-state index contributed by atoms with van der Waals surface area (Å²) in [5.41, 5.74) is 5.91. The maximum Gasteiger partial charge on any atom is 0.337 e. The predicted octanol–water partition coefficient (Wildman–Crippen LogP) is 7.39. The number of ether oxygens (including phenoxy) is 2. The smallest absolute Gasteiger partial charge is 0.337 e. The Labute approximate surface area is 210 Å². The second-order valence-electron chi connectivity index (χ2n) is 10.4. The van der Waals surface area contributed by atoms with Gasteiger partial charge >= 0.3 is 5.97 Å². The number of nitrogens with one attached hydrogen (secondary N) is 1. The van der Waals surface area contributed by atoms with Crippen LogP contribution in [0.3, 0.4) is 0 Å². The molecular formula is C29H30ClNO4. The molecule has 2 aliphatic rings. The third-order valence-corrected chi connectivity index (χ3v) is 6.75. The van der Waals surface area contributed by atoms with Crippen LogP contribution in [0.15, 0.2) is 42.5 Å². The molecule has 0 saturated carbocycles. The van der Waals surface area contributed by atoms with Crippen molar-refractivity contribution in [3.63, 3.8) is 0 Å². The van der Waals surface area contributed by atoms with Crippen LogP contribution < -0.4 is 10.1 Å². The lowest BCUT2D eigenvalue weighted by molar-refractivity contribution is -0.160. The normalized spacial score (nSPS) is 17.8. The molecule has 182 valence electrons. The molecule has 0 saturated heterocycles. The van der Waals surface area contributed by atoms with Crippen molar-refractivity contribution in [3.05, 3.63) is 64.2 Å². The van der Waals surface area contributed by atoms with E-state index in [0.29, 0.717) is 17.2 Å². The van der Waals surface area contributed by atoms with Crippen LogP contribution >= 0.6 is 11.6 Å². The number of aliphatic carboxylic acids is 1. The van der Waals surface area contributed by atoms with Crippen molar-refractivity contribution in [3.8, 4) is 16.9 Å². The molecule has 5 rings (SSSR count). The third-order valence-electron chi connectivity index (χ3n) is 6.52. The second-order valence-corrected chi connectivity index (χ2v) is 10.8. The van der Waals surface area contributed by atoms with Gasteiger partial charge in [0.25, 0.3) is 0 Å². The molecule has 6 heteroatoms. The lowest BCUT2D eigenvalue weighted by Crippen LogP contribution is -2.28. The third kappa shape index (κ3) is 4.28. The first-order valence-electron chi connectivity index (χ1n) is 11.9. The average molecular weight is 492 g/mol. The van der Waals surface area contributed by atoms with Crippen molar-refractivity contribution in [1.29, 1.82) is 0 Å². The molecule has 0 fully saturated rings. The Morgan fingerprint density at radius 1 is 1.20 bits per heavy atom. The van der Waals surface area contributed by atoms with E-state index >= 15 is 0 Å². The summed E-state index contributed by atoms with van der Waals surface area (Å²) in [7, 11) is 0. The van der Waals surface area contributed by atoms with E-state index in [2.05, 4.69) is 18.3 Å². The van der Waals surface area contributed by atoms with Crippen LogP contribution in [0.1, 0.15) is 56.9 Å².